The molecule has 0 aromatic carbocycles. The Balaban J connectivity index is 1.38. The summed E-state index contributed by atoms with van der Waals surface area (Å²) >= 11 is 0. The normalized spacial score (nSPS) is 33.2. The highest BCUT2D eigenvalue weighted by Crippen LogP contribution is 2.30. The summed E-state index contributed by atoms with van der Waals surface area (Å²) in [5.41, 5.74) is 13.1. The zero-order valence-corrected chi connectivity index (χ0v) is 14.5. The minimum atomic E-state index is -0.980. The zero-order chi connectivity index (χ0) is 17.7. The first-order chi connectivity index (χ1) is 12.6. The number of hydrogen-bond acceptors (Lipinski definition) is 9. The van der Waals surface area contributed by atoms with Crippen molar-refractivity contribution in [3.63, 3.8) is 0 Å². The Morgan fingerprint density at radius 3 is 2.85 bits per heavy atom. The molecule has 2 saturated heterocycles. The maximum atomic E-state index is 6.62. The molecule has 4 aliphatic heterocycles. The first kappa shape index (κ1) is 15.9. The van der Waals surface area contributed by atoms with E-state index >= 15 is 0 Å². The van der Waals surface area contributed by atoms with Gasteiger partial charge in [-0.15, -0.1) is 0 Å². The first-order valence-corrected chi connectivity index (χ1v) is 8.89. The zero-order valence-electron chi connectivity index (χ0n) is 14.5. The molecular weight excluding hydrogens is 332 g/mol. The van der Waals surface area contributed by atoms with Gasteiger partial charge in [0.1, 0.15) is 6.67 Å². The van der Waals surface area contributed by atoms with Crippen LogP contribution in [0.5, 0.6) is 0 Å². The Bertz CT molecular complexity index is 809. The summed E-state index contributed by atoms with van der Waals surface area (Å²) in [6.45, 7) is 5.05. The Hall–Kier alpha value is -2.36. The molecule has 9 heteroatoms. The molecule has 2 fully saturated rings. The molecule has 136 valence electrons. The van der Waals surface area contributed by atoms with Crippen molar-refractivity contribution >= 4 is 18.0 Å². The van der Waals surface area contributed by atoms with Gasteiger partial charge < -0.3 is 16.2 Å². The average Bonchev–Trinajstić information content (AvgIpc) is 3.30. The van der Waals surface area contributed by atoms with Crippen LogP contribution in [0, 0.1) is 11.8 Å². The van der Waals surface area contributed by atoms with Crippen LogP contribution >= 0.6 is 0 Å². The number of ether oxygens (including phenoxy) is 1. The van der Waals surface area contributed by atoms with Gasteiger partial charge >= 0.3 is 0 Å². The second-order valence-corrected chi connectivity index (χ2v) is 7.37. The van der Waals surface area contributed by atoms with Crippen LogP contribution in [0.25, 0.3) is 0 Å². The van der Waals surface area contributed by atoms with Crippen LogP contribution < -0.4 is 11.5 Å². The minimum Gasteiger partial charge on any atom is -0.381 e. The van der Waals surface area contributed by atoms with Gasteiger partial charge in [-0.25, -0.2) is 10.0 Å². The molecule has 0 aliphatic carbocycles. The average molecular weight is 354 g/mol. The molecule has 4 N–H and O–H groups in total. The minimum absolute atomic E-state index is 0.221. The molecule has 26 heavy (non-hydrogen) atoms. The number of aliphatic imine (C=N–C) groups is 2. The van der Waals surface area contributed by atoms with Crippen LogP contribution in [0.4, 0.5) is 0 Å². The Labute approximate surface area is 151 Å². The molecule has 1 aromatic rings. The van der Waals surface area contributed by atoms with Gasteiger partial charge in [0, 0.05) is 31.5 Å². The number of nitrogens with zero attached hydrogens (tertiary/aromatic N) is 6. The second-order valence-electron chi connectivity index (χ2n) is 7.37. The van der Waals surface area contributed by atoms with Crippen molar-refractivity contribution in [1.82, 2.24) is 14.9 Å². The first-order valence-electron chi connectivity index (χ1n) is 8.89. The third kappa shape index (κ3) is 2.51. The number of pyridine rings is 1. The number of hydrogen-bond donors (Lipinski definition) is 2. The lowest BCUT2D eigenvalue weighted by Crippen LogP contribution is -2.50. The van der Waals surface area contributed by atoms with E-state index in [1.165, 1.54) is 0 Å². The van der Waals surface area contributed by atoms with E-state index < -0.39 is 5.54 Å². The SMILES string of the molecule is NC1=NCN2N=CC(N)(c3cccc(CN4CC5COCC5C4)n3)C2=N1. The largest absolute Gasteiger partial charge is 0.381 e. The third-order valence-electron chi connectivity index (χ3n) is 5.53. The molecule has 0 radical (unpaired) electrons. The summed E-state index contributed by atoms with van der Waals surface area (Å²) in [6.07, 6.45) is 1.67. The van der Waals surface area contributed by atoms with Crippen LogP contribution in [-0.4, -0.2) is 65.9 Å². The van der Waals surface area contributed by atoms with E-state index in [0.717, 1.165) is 44.2 Å². The van der Waals surface area contributed by atoms with Gasteiger partial charge in [-0.05, 0) is 12.1 Å². The van der Waals surface area contributed by atoms with Crippen LogP contribution in [0.3, 0.4) is 0 Å². The van der Waals surface area contributed by atoms with E-state index in [1.807, 2.05) is 18.2 Å². The molecule has 3 atom stereocenters. The van der Waals surface area contributed by atoms with Crippen LogP contribution in [0.2, 0.25) is 0 Å². The topological polar surface area (TPSA) is 118 Å². The van der Waals surface area contributed by atoms with Gasteiger partial charge in [-0.1, -0.05) is 6.07 Å². The highest BCUT2D eigenvalue weighted by atomic mass is 16.5. The summed E-state index contributed by atoms with van der Waals surface area (Å²) in [4.78, 5) is 15.6. The van der Waals surface area contributed by atoms with Crippen molar-refractivity contribution in [2.45, 2.75) is 12.1 Å². The smallest absolute Gasteiger partial charge is 0.219 e. The monoisotopic (exact) mass is 354 g/mol. The number of aromatic nitrogens is 1. The van der Waals surface area contributed by atoms with Crippen molar-refractivity contribution in [2.75, 3.05) is 33.0 Å². The Morgan fingerprint density at radius 2 is 2.04 bits per heavy atom. The lowest BCUT2D eigenvalue weighted by atomic mass is 9.96. The predicted octanol–water partition coefficient (Wildman–Crippen LogP) is -0.700. The fraction of sp³-hybridized carbons (Fsp3) is 0.529. The van der Waals surface area contributed by atoms with E-state index in [-0.39, 0.29) is 5.96 Å². The number of likely N-dealkylation sites (tertiary alicyclic amines) is 1. The molecule has 4 aliphatic rings. The molecule has 0 bridgehead atoms. The van der Waals surface area contributed by atoms with Gasteiger partial charge in [-0.2, -0.15) is 10.1 Å². The van der Waals surface area contributed by atoms with E-state index in [0.29, 0.717) is 24.3 Å². The molecule has 0 saturated carbocycles. The van der Waals surface area contributed by atoms with E-state index in [2.05, 4.69) is 20.0 Å². The third-order valence-corrected chi connectivity index (χ3v) is 5.53. The van der Waals surface area contributed by atoms with Crippen molar-refractivity contribution in [2.24, 2.45) is 38.4 Å². The highest BCUT2D eigenvalue weighted by molar-refractivity contribution is 6.13. The molecular formula is C17H22N8O. The van der Waals surface area contributed by atoms with Crippen LogP contribution in [0.1, 0.15) is 11.4 Å². The van der Waals surface area contributed by atoms with Crippen molar-refractivity contribution < 1.29 is 4.74 Å². The van der Waals surface area contributed by atoms with Gasteiger partial charge in [-0.3, -0.25) is 9.88 Å². The quantitative estimate of drug-likeness (QED) is 0.741. The number of nitrogens with two attached hydrogens (primary N) is 2. The van der Waals surface area contributed by atoms with Crippen molar-refractivity contribution in [3.8, 4) is 0 Å². The fourth-order valence-corrected chi connectivity index (χ4v) is 4.14. The van der Waals surface area contributed by atoms with Crippen molar-refractivity contribution in [3.05, 3.63) is 29.6 Å². The lowest BCUT2D eigenvalue weighted by molar-refractivity contribution is 0.152. The molecule has 5 rings (SSSR count). The van der Waals surface area contributed by atoms with Gasteiger partial charge in [0.15, 0.2) is 11.4 Å². The van der Waals surface area contributed by atoms with Crippen molar-refractivity contribution in [1.29, 1.82) is 0 Å². The number of rotatable bonds is 3. The molecule has 0 spiro atoms. The highest BCUT2D eigenvalue weighted by Gasteiger charge is 2.43. The lowest BCUT2D eigenvalue weighted by Gasteiger charge is -2.27. The number of guanidine groups is 1. The maximum Gasteiger partial charge on any atom is 0.219 e. The Morgan fingerprint density at radius 1 is 1.23 bits per heavy atom. The fourth-order valence-electron chi connectivity index (χ4n) is 4.14. The summed E-state index contributed by atoms with van der Waals surface area (Å²) in [6, 6.07) is 5.94. The summed E-state index contributed by atoms with van der Waals surface area (Å²) in [5.74, 6) is 2.11. The second kappa shape index (κ2) is 5.83. The van der Waals surface area contributed by atoms with Gasteiger partial charge in [0.2, 0.25) is 5.96 Å². The summed E-state index contributed by atoms with van der Waals surface area (Å²) < 4.78 is 5.56. The molecule has 5 heterocycles. The Kier molecular flexibility index (Phi) is 3.56. The van der Waals surface area contributed by atoms with Crippen LogP contribution in [0.15, 0.2) is 33.3 Å². The van der Waals surface area contributed by atoms with Gasteiger partial charge in [0.25, 0.3) is 0 Å². The number of hydrazone groups is 1. The maximum absolute atomic E-state index is 6.62. The molecule has 0 amide bonds. The number of amidine groups is 1. The molecule has 3 unspecified atom stereocenters. The summed E-state index contributed by atoms with van der Waals surface area (Å²) in [7, 11) is 0. The van der Waals surface area contributed by atoms with E-state index in [9.17, 15) is 0 Å². The number of fused-ring (bicyclic) bond motifs is 2. The molecule has 9 nitrogen and oxygen atoms in total. The van der Waals surface area contributed by atoms with E-state index in [1.54, 1.807) is 11.2 Å². The van der Waals surface area contributed by atoms with E-state index in [4.69, 9.17) is 21.2 Å². The molecule has 1 aromatic heterocycles. The summed E-state index contributed by atoms with van der Waals surface area (Å²) in [5, 5.41) is 5.98. The standard InChI is InChI=1S/C17H22N8O/c18-16-20-10-25-15(23-16)17(19,9-21-25)14-3-1-2-13(22-14)6-24-4-11-7-26-8-12(11)5-24/h1-3,9,11-12H,4-8,10,19H2,(H2,18,20). The van der Waals surface area contributed by atoms with Crippen LogP contribution in [-0.2, 0) is 16.8 Å². The predicted molar refractivity (Wildman–Crippen MR) is 97.4 cm³/mol. The van der Waals surface area contributed by atoms with Gasteiger partial charge in [0.05, 0.1) is 30.8 Å².